The molecule has 8 nitrogen and oxygen atoms in total. The van der Waals surface area contributed by atoms with Crippen molar-refractivity contribution in [2.24, 2.45) is 5.92 Å². The van der Waals surface area contributed by atoms with Gasteiger partial charge < -0.3 is 14.8 Å². The molecule has 1 amide bonds. The number of nitrogens with zero attached hydrogens (tertiary/aromatic N) is 1. The number of sulfone groups is 1. The maximum atomic E-state index is 12.7. The molecule has 0 radical (unpaired) electrons. The average Bonchev–Trinajstić information content (AvgIpc) is 3.40. The molecule has 1 saturated carbocycles. The Morgan fingerprint density at radius 2 is 2.00 bits per heavy atom. The molecule has 0 aliphatic heterocycles. The summed E-state index contributed by atoms with van der Waals surface area (Å²) in [6, 6.07) is 4.33. The molecular weight excluding hydrogens is 394 g/mol. The van der Waals surface area contributed by atoms with Crippen molar-refractivity contribution in [1.29, 1.82) is 0 Å². The van der Waals surface area contributed by atoms with Gasteiger partial charge in [-0.3, -0.25) is 5.43 Å². The van der Waals surface area contributed by atoms with Crippen LogP contribution >= 0.6 is 0 Å². The summed E-state index contributed by atoms with van der Waals surface area (Å²) in [6.45, 7) is 7.61. The van der Waals surface area contributed by atoms with Gasteiger partial charge in [0.05, 0.1) is 22.3 Å². The molecule has 2 rings (SSSR count). The molecule has 1 atom stereocenters. The van der Waals surface area contributed by atoms with Gasteiger partial charge in [-0.15, -0.1) is 0 Å². The minimum Gasteiger partial charge on any atom is -0.442 e. The number of aldehydes is 1. The summed E-state index contributed by atoms with van der Waals surface area (Å²) in [5, 5.41) is 4.45. The average molecular weight is 426 g/mol. The van der Waals surface area contributed by atoms with Crippen LogP contribution in [-0.4, -0.2) is 50.2 Å². The van der Waals surface area contributed by atoms with E-state index in [9.17, 15) is 18.0 Å². The fourth-order valence-electron chi connectivity index (χ4n) is 2.71. The van der Waals surface area contributed by atoms with Crippen LogP contribution in [0.25, 0.3) is 0 Å². The summed E-state index contributed by atoms with van der Waals surface area (Å²) >= 11 is 0. The van der Waals surface area contributed by atoms with Gasteiger partial charge in [-0.25, -0.2) is 18.2 Å². The molecule has 0 spiro atoms. The number of hydrogen-bond acceptors (Lipinski definition) is 7. The zero-order valence-electron chi connectivity index (χ0n) is 17.7. The molecule has 29 heavy (non-hydrogen) atoms. The van der Waals surface area contributed by atoms with Gasteiger partial charge in [-0.05, 0) is 58.6 Å². The fraction of sp³-hybridized carbons (Fsp3) is 0.600. The normalized spacial score (nSPS) is 15.3. The third kappa shape index (κ3) is 6.92. The van der Waals surface area contributed by atoms with E-state index < -0.39 is 27.6 Å². The van der Waals surface area contributed by atoms with Gasteiger partial charge in [-0.2, -0.15) is 0 Å². The smallest absolute Gasteiger partial charge is 0.429 e. The van der Waals surface area contributed by atoms with Crippen LogP contribution in [0.5, 0.6) is 0 Å². The molecule has 0 heterocycles. The summed E-state index contributed by atoms with van der Waals surface area (Å²) in [7, 11) is -3.49. The zero-order chi connectivity index (χ0) is 21.8. The van der Waals surface area contributed by atoms with Crippen LogP contribution in [0, 0.1) is 5.92 Å². The first-order chi connectivity index (χ1) is 13.4. The zero-order valence-corrected chi connectivity index (χ0v) is 18.5. The highest BCUT2D eigenvalue weighted by Gasteiger charge is 2.28. The highest BCUT2D eigenvalue weighted by Crippen LogP contribution is 2.34. The summed E-state index contributed by atoms with van der Waals surface area (Å²) < 4.78 is 30.0. The number of amides is 1. The maximum absolute atomic E-state index is 12.7. The van der Waals surface area contributed by atoms with E-state index in [0.717, 1.165) is 25.4 Å². The third-order valence-electron chi connectivity index (χ3n) is 4.40. The first-order valence-electron chi connectivity index (χ1n) is 9.72. The number of anilines is 2. The number of rotatable bonds is 9. The van der Waals surface area contributed by atoms with E-state index in [1.54, 1.807) is 39.8 Å². The number of para-hydroxylation sites is 1. The van der Waals surface area contributed by atoms with Crippen LogP contribution in [0.2, 0.25) is 0 Å². The SMILES string of the molecule is C[C@@H](CC=O)N(Nc1cccc(S(C)(=O)=O)c1NCC1CC1)C(=O)OC(C)(C)C. The van der Waals surface area contributed by atoms with E-state index >= 15 is 0 Å². The van der Waals surface area contributed by atoms with Crippen molar-refractivity contribution in [3.05, 3.63) is 18.2 Å². The first kappa shape index (κ1) is 23.0. The van der Waals surface area contributed by atoms with Gasteiger partial charge in [0.15, 0.2) is 9.84 Å². The van der Waals surface area contributed by atoms with Crippen LogP contribution in [0.3, 0.4) is 0 Å². The molecule has 0 unspecified atom stereocenters. The quantitative estimate of drug-likeness (QED) is 0.461. The van der Waals surface area contributed by atoms with Gasteiger partial charge in [0.25, 0.3) is 0 Å². The molecule has 0 aromatic heterocycles. The Morgan fingerprint density at radius 3 is 2.52 bits per heavy atom. The van der Waals surface area contributed by atoms with E-state index in [4.69, 9.17) is 4.74 Å². The fourth-order valence-corrected chi connectivity index (χ4v) is 3.58. The minimum atomic E-state index is -3.49. The standard InChI is InChI=1S/C20H31N3O5S/c1-14(11-12-24)23(19(25)28-20(2,3)4)22-16-7-6-8-17(29(5,26)27)18(16)21-13-15-9-10-15/h6-8,12,14-15,21-22H,9-11,13H2,1-5H3/t14-/m0/s1. The first-order valence-corrected chi connectivity index (χ1v) is 11.6. The second-order valence-corrected chi connectivity index (χ2v) is 10.5. The molecular formula is C20H31N3O5S. The van der Waals surface area contributed by atoms with Gasteiger partial charge >= 0.3 is 6.09 Å². The number of hydrazine groups is 1. The van der Waals surface area contributed by atoms with Gasteiger partial charge in [-0.1, -0.05) is 6.07 Å². The summed E-state index contributed by atoms with van der Waals surface area (Å²) in [6.07, 6.45) is 3.54. The lowest BCUT2D eigenvalue weighted by atomic mass is 10.2. The Balaban J connectivity index is 2.39. The summed E-state index contributed by atoms with van der Waals surface area (Å²) in [5.74, 6) is 0.520. The lowest BCUT2D eigenvalue weighted by Crippen LogP contribution is -2.46. The Morgan fingerprint density at radius 1 is 1.34 bits per heavy atom. The Bertz CT molecular complexity index is 844. The van der Waals surface area contributed by atoms with Gasteiger partial charge in [0.1, 0.15) is 11.9 Å². The van der Waals surface area contributed by atoms with Crippen LogP contribution in [0.1, 0.15) is 47.0 Å². The Hall–Kier alpha value is -2.29. The molecule has 1 aliphatic carbocycles. The van der Waals surface area contributed by atoms with Crippen molar-refractivity contribution in [3.8, 4) is 0 Å². The van der Waals surface area contributed by atoms with Crippen LogP contribution < -0.4 is 10.7 Å². The highest BCUT2D eigenvalue weighted by molar-refractivity contribution is 7.90. The molecule has 9 heteroatoms. The number of hydrogen-bond donors (Lipinski definition) is 2. The van der Waals surface area contributed by atoms with Gasteiger partial charge in [0.2, 0.25) is 0 Å². The van der Waals surface area contributed by atoms with Crippen molar-refractivity contribution in [1.82, 2.24) is 5.01 Å². The summed E-state index contributed by atoms with van der Waals surface area (Å²) in [5.41, 5.74) is 3.10. The Kier molecular flexibility index (Phi) is 7.15. The summed E-state index contributed by atoms with van der Waals surface area (Å²) in [4.78, 5) is 23.9. The largest absolute Gasteiger partial charge is 0.442 e. The van der Waals surface area contributed by atoms with E-state index in [2.05, 4.69) is 10.7 Å². The Labute approximate surface area is 172 Å². The molecule has 2 N–H and O–H groups in total. The molecule has 0 bridgehead atoms. The monoisotopic (exact) mass is 425 g/mol. The molecule has 1 fully saturated rings. The molecule has 0 saturated heterocycles. The highest BCUT2D eigenvalue weighted by atomic mass is 32.2. The van der Waals surface area contributed by atoms with Crippen molar-refractivity contribution in [2.45, 2.75) is 63.5 Å². The second-order valence-electron chi connectivity index (χ2n) is 8.49. The number of ether oxygens (including phenoxy) is 1. The van der Waals surface area contributed by atoms with E-state index in [1.165, 1.54) is 11.1 Å². The van der Waals surface area contributed by atoms with Crippen LogP contribution in [-0.2, 0) is 19.4 Å². The number of carbonyl (C=O) groups is 2. The predicted octanol–water partition coefficient (Wildman–Crippen LogP) is 3.45. The minimum absolute atomic E-state index is 0.100. The number of benzene rings is 1. The van der Waals surface area contributed by atoms with E-state index in [-0.39, 0.29) is 11.3 Å². The van der Waals surface area contributed by atoms with Crippen molar-refractivity contribution >= 4 is 33.6 Å². The van der Waals surface area contributed by atoms with Gasteiger partial charge in [0, 0.05) is 19.2 Å². The van der Waals surface area contributed by atoms with E-state index in [1.807, 2.05) is 0 Å². The molecule has 1 aliphatic rings. The molecule has 1 aromatic carbocycles. The third-order valence-corrected chi connectivity index (χ3v) is 5.54. The van der Waals surface area contributed by atoms with E-state index in [0.29, 0.717) is 23.8 Å². The maximum Gasteiger partial charge on any atom is 0.429 e. The number of carbonyl (C=O) groups excluding carboxylic acids is 2. The van der Waals surface area contributed by atoms with Crippen molar-refractivity contribution in [2.75, 3.05) is 23.5 Å². The predicted molar refractivity (Wildman–Crippen MR) is 113 cm³/mol. The van der Waals surface area contributed by atoms with Crippen LogP contribution in [0.4, 0.5) is 16.2 Å². The van der Waals surface area contributed by atoms with Crippen molar-refractivity contribution in [3.63, 3.8) is 0 Å². The second kappa shape index (κ2) is 9.02. The lowest BCUT2D eigenvalue weighted by Gasteiger charge is -2.32. The molecule has 162 valence electrons. The topological polar surface area (TPSA) is 105 Å². The van der Waals surface area contributed by atoms with Crippen LogP contribution in [0.15, 0.2) is 23.1 Å². The number of nitrogens with one attached hydrogen (secondary N) is 2. The molecule has 1 aromatic rings. The lowest BCUT2D eigenvalue weighted by molar-refractivity contribution is -0.108. The van der Waals surface area contributed by atoms with Crippen molar-refractivity contribution < 1.29 is 22.7 Å².